The molecule has 5 rings (SSSR count). The van der Waals surface area contributed by atoms with Gasteiger partial charge in [-0.15, -0.1) is 0 Å². The first kappa shape index (κ1) is 12.4. The number of nitrogens with one attached hydrogen (secondary N) is 1. The van der Waals surface area contributed by atoms with Crippen molar-refractivity contribution in [1.82, 2.24) is 19.9 Å². The van der Waals surface area contributed by atoms with Crippen molar-refractivity contribution in [2.75, 3.05) is 24.5 Å². The lowest BCUT2D eigenvalue weighted by molar-refractivity contribution is -0.136. The Balaban J connectivity index is 1.45. The normalized spacial score (nSPS) is 23.3. The van der Waals surface area contributed by atoms with Crippen LogP contribution in [0.1, 0.15) is 25.7 Å². The van der Waals surface area contributed by atoms with Crippen molar-refractivity contribution in [3.05, 3.63) is 18.6 Å². The zero-order valence-electron chi connectivity index (χ0n) is 12.5. The van der Waals surface area contributed by atoms with Crippen LogP contribution < -0.4 is 4.90 Å². The van der Waals surface area contributed by atoms with Gasteiger partial charge in [-0.25, -0.2) is 9.97 Å². The van der Waals surface area contributed by atoms with Gasteiger partial charge in [0.15, 0.2) is 0 Å². The van der Waals surface area contributed by atoms with Crippen molar-refractivity contribution >= 4 is 22.8 Å². The lowest BCUT2D eigenvalue weighted by Gasteiger charge is -2.43. The number of hydrogen-bond acceptors (Lipinski definition) is 4. The molecular weight excluding hydrogens is 278 g/mol. The number of anilines is 1. The van der Waals surface area contributed by atoms with E-state index in [-0.39, 0.29) is 5.54 Å². The molecule has 2 aromatic rings. The van der Waals surface area contributed by atoms with Crippen LogP contribution >= 0.6 is 0 Å². The first-order chi connectivity index (χ1) is 10.8. The fourth-order valence-corrected chi connectivity index (χ4v) is 3.74. The van der Waals surface area contributed by atoms with E-state index >= 15 is 0 Å². The van der Waals surface area contributed by atoms with E-state index in [1.54, 1.807) is 6.33 Å². The average molecular weight is 297 g/mol. The summed E-state index contributed by atoms with van der Waals surface area (Å²) in [6.45, 7) is 2.59. The average Bonchev–Trinajstić information content (AvgIpc) is 3.46. The lowest BCUT2D eigenvalue weighted by atomic mass is 10.1. The predicted molar refractivity (Wildman–Crippen MR) is 82.5 cm³/mol. The molecule has 1 aliphatic heterocycles. The van der Waals surface area contributed by atoms with E-state index in [9.17, 15) is 4.79 Å². The fraction of sp³-hybridized carbons (Fsp3) is 0.562. The number of aromatic nitrogens is 3. The van der Waals surface area contributed by atoms with Gasteiger partial charge in [-0.1, -0.05) is 0 Å². The van der Waals surface area contributed by atoms with Gasteiger partial charge in [0.25, 0.3) is 0 Å². The van der Waals surface area contributed by atoms with Crippen LogP contribution in [-0.2, 0) is 4.79 Å². The molecule has 22 heavy (non-hydrogen) atoms. The Morgan fingerprint density at radius 2 is 2.14 bits per heavy atom. The van der Waals surface area contributed by atoms with Crippen LogP contribution in [0.2, 0.25) is 0 Å². The van der Waals surface area contributed by atoms with Crippen LogP contribution in [-0.4, -0.2) is 50.9 Å². The van der Waals surface area contributed by atoms with E-state index < -0.39 is 0 Å². The van der Waals surface area contributed by atoms with Gasteiger partial charge in [0.05, 0.1) is 10.9 Å². The number of carbonyl (C=O) groups excluding carboxylic acids is 1. The summed E-state index contributed by atoms with van der Waals surface area (Å²) < 4.78 is 0. The lowest BCUT2D eigenvalue weighted by Crippen LogP contribution is -2.57. The van der Waals surface area contributed by atoms with Gasteiger partial charge in [-0.05, 0) is 31.7 Å². The Bertz CT molecular complexity index is 746. The maximum Gasteiger partial charge on any atom is 0.226 e. The first-order valence-electron chi connectivity index (χ1n) is 8.11. The molecule has 6 heteroatoms. The summed E-state index contributed by atoms with van der Waals surface area (Å²) >= 11 is 0. The van der Waals surface area contributed by atoms with Crippen molar-refractivity contribution < 1.29 is 4.79 Å². The van der Waals surface area contributed by atoms with Crippen LogP contribution in [0, 0.1) is 5.92 Å². The molecule has 0 aromatic carbocycles. The molecule has 3 heterocycles. The molecule has 1 spiro atoms. The Morgan fingerprint density at radius 1 is 1.27 bits per heavy atom. The summed E-state index contributed by atoms with van der Waals surface area (Å²) in [7, 11) is 0. The third kappa shape index (κ3) is 1.76. The van der Waals surface area contributed by atoms with E-state index in [0.717, 1.165) is 62.2 Å². The highest BCUT2D eigenvalue weighted by Crippen LogP contribution is 2.47. The van der Waals surface area contributed by atoms with Gasteiger partial charge in [-0.2, -0.15) is 0 Å². The summed E-state index contributed by atoms with van der Waals surface area (Å²) in [6, 6.07) is 2.03. The van der Waals surface area contributed by atoms with Crippen LogP contribution in [0.5, 0.6) is 0 Å². The standard InChI is InChI=1S/C16H19N5O/c22-15(11-1-2-11)21-8-7-20(9-16(21)4-5-16)14-12-3-6-17-13(12)18-10-19-14/h3,6,10-11H,1-2,4-5,7-9H2,(H,17,18,19). The van der Waals surface area contributed by atoms with Gasteiger partial charge in [0.2, 0.25) is 5.91 Å². The molecule has 0 unspecified atom stereocenters. The molecular formula is C16H19N5O. The van der Waals surface area contributed by atoms with Crippen LogP contribution in [0.3, 0.4) is 0 Å². The highest BCUT2D eigenvalue weighted by atomic mass is 16.2. The van der Waals surface area contributed by atoms with Crippen LogP contribution in [0.4, 0.5) is 5.82 Å². The van der Waals surface area contributed by atoms with Gasteiger partial charge in [0.1, 0.15) is 17.8 Å². The minimum Gasteiger partial charge on any atom is -0.352 e. The maximum atomic E-state index is 12.5. The molecule has 2 aromatic heterocycles. The summed E-state index contributed by atoms with van der Waals surface area (Å²) in [4.78, 5) is 28.9. The first-order valence-corrected chi connectivity index (χ1v) is 8.11. The van der Waals surface area contributed by atoms with Crippen molar-refractivity contribution in [3.8, 4) is 0 Å². The van der Waals surface area contributed by atoms with Crippen LogP contribution in [0.15, 0.2) is 18.6 Å². The van der Waals surface area contributed by atoms with Crippen molar-refractivity contribution in [2.24, 2.45) is 5.92 Å². The van der Waals surface area contributed by atoms with E-state index in [1.165, 1.54) is 0 Å². The van der Waals surface area contributed by atoms with E-state index in [2.05, 4.69) is 24.8 Å². The van der Waals surface area contributed by atoms with Gasteiger partial charge >= 0.3 is 0 Å². The molecule has 2 saturated carbocycles. The smallest absolute Gasteiger partial charge is 0.226 e. The molecule has 0 bridgehead atoms. The van der Waals surface area contributed by atoms with E-state index in [1.807, 2.05) is 12.3 Å². The SMILES string of the molecule is O=C(C1CC1)N1CCN(c2ncnc3[nH]ccc23)CC12CC2. The monoisotopic (exact) mass is 297 g/mol. The Labute approximate surface area is 128 Å². The predicted octanol–water partition coefficient (Wildman–Crippen LogP) is 1.55. The number of rotatable bonds is 2. The van der Waals surface area contributed by atoms with Crippen LogP contribution in [0.25, 0.3) is 11.0 Å². The Morgan fingerprint density at radius 3 is 2.91 bits per heavy atom. The molecule has 1 N–H and O–H groups in total. The number of H-pyrrole nitrogens is 1. The highest BCUT2D eigenvalue weighted by Gasteiger charge is 2.55. The molecule has 114 valence electrons. The zero-order valence-corrected chi connectivity index (χ0v) is 12.5. The number of amides is 1. The minimum atomic E-state index is 0.0749. The summed E-state index contributed by atoms with van der Waals surface area (Å²) in [5, 5.41) is 1.07. The second-order valence-electron chi connectivity index (χ2n) is 6.85. The van der Waals surface area contributed by atoms with Crippen molar-refractivity contribution in [3.63, 3.8) is 0 Å². The van der Waals surface area contributed by atoms with Gasteiger partial charge in [0, 0.05) is 31.7 Å². The molecule has 3 fully saturated rings. The number of aromatic amines is 1. The highest BCUT2D eigenvalue weighted by molar-refractivity contribution is 5.88. The number of carbonyl (C=O) groups is 1. The topological polar surface area (TPSA) is 65.1 Å². The summed E-state index contributed by atoms with van der Waals surface area (Å²) in [5.41, 5.74) is 0.956. The molecule has 0 radical (unpaired) electrons. The summed E-state index contributed by atoms with van der Waals surface area (Å²) in [6.07, 6.45) is 7.96. The fourth-order valence-electron chi connectivity index (χ4n) is 3.74. The number of fused-ring (bicyclic) bond motifs is 1. The van der Waals surface area contributed by atoms with E-state index in [4.69, 9.17) is 0 Å². The third-order valence-electron chi connectivity index (χ3n) is 5.30. The molecule has 6 nitrogen and oxygen atoms in total. The molecule has 1 amide bonds. The second-order valence-corrected chi connectivity index (χ2v) is 6.85. The number of nitrogens with zero attached hydrogens (tertiary/aromatic N) is 4. The third-order valence-corrected chi connectivity index (χ3v) is 5.30. The number of hydrogen-bond donors (Lipinski definition) is 1. The molecule has 3 aliphatic rings. The second kappa shape index (κ2) is 4.21. The summed E-state index contributed by atoms with van der Waals surface area (Å²) in [5.74, 6) is 1.71. The van der Waals surface area contributed by atoms with Gasteiger partial charge in [-0.3, -0.25) is 4.79 Å². The Hall–Kier alpha value is -2.11. The minimum absolute atomic E-state index is 0.0749. The Kier molecular flexibility index (Phi) is 2.38. The maximum absolute atomic E-state index is 12.5. The van der Waals surface area contributed by atoms with Gasteiger partial charge < -0.3 is 14.8 Å². The van der Waals surface area contributed by atoms with Crippen molar-refractivity contribution in [1.29, 1.82) is 0 Å². The largest absolute Gasteiger partial charge is 0.352 e. The van der Waals surface area contributed by atoms with Crippen molar-refractivity contribution in [2.45, 2.75) is 31.2 Å². The molecule has 1 saturated heterocycles. The number of piperazine rings is 1. The molecule has 2 aliphatic carbocycles. The zero-order chi connectivity index (χ0) is 14.7. The van der Waals surface area contributed by atoms with E-state index in [0.29, 0.717) is 11.8 Å². The quantitative estimate of drug-likeness (QED) is 0.913. The molecule has 0 atom stereocenters.